The van der Waals surface area contributed by atoms with Gasteiger partial charge in [0.15, 0.2) is 0 Å². The summed E-state index contributed by atoms with van der Waals surface area (Å²) in [7, 11) is 1.66. The number of hydrogen-bond donors (Lipinski definition) is 1. The van der Waals surface area contributed by atoms with E-state index < -0.39 is 4.92 Å². The molecule has 0 bridgehead atoms. The molecule has 0 saturated heterocycles. The van der Waals surface area contributed by atoms with Crippen molar-refractivity contribution >= 4 is 11.4 Å². The predicted octanol–water partition coefficient (Wildman–Crippen LogP) is 2.13. The summed E-state index contributed by atoms with van der Waals surface area (Å²) in [4.78, 5) is 10.2. The standard InChI is InChI=1S/C9H11N2O2/c1-6-4-8(10-3)9(11(12)13)5-7(6)2/h4-5,10H,2H2,1,3H3. The zero-order chi connectivity index (χ0) is 10.0. The van der Waals surface area contributed by atoms with Crippen molar-refractivity contribution in [2.45, 2.75) is 6.92 Å². The van der Waals surface area contributed by atoms with E-state index >= 15 is 0 Å². The first kappa shape index (κ1) is 9.51. The van der Waals surface area contributed by atoms with Crippen LogP contribution < -0.4 is 5.32 Å². The van der Waals surface area contributed by atoms with E-state index in [-0.39, 0.29) is 5.69 Å². The van der Waals surface area contributed by atoms with Crippen LogP contribution in [0.3, 0.4) is 0 Å². The van der Waals surface area contributed by atoms with Crippen LogP contribution in [0.25, 0.3) is 0 Å². The molecule has 0 atom stereocenters. The van der Waals surface area contributed by atoms with Crippen LogP contribution in [0.4, 0.5) is 11.4 Å². The lowest BCUT2D eigenvalue weighted by Crippen LogP contribution is -1.98. The van der Waals surface area contributed by atoms with Crippen molar-refractivity contribution in [1.29, 1.82) is 0 Å². The van der Waals surface area contributed by atoms with Crippen LogP contribution in [0, 0.1) is 24.0 Å². The fraction of sp³-hybridized carbons (Fsp3) is 0.222. The second-order valence-corrected chi connectivity index (χ2v) is 2.80. The molecule has 0 aliphatic rings. The predicted molar refractivity (Wildman–Crippen MR) is 51.8 cm³/mol. The Morgan fingerprint density at radius 3 is 2.62 bits per heavy atom. The summed E-state index contributed by atoms with van der Waals surface area (Å²) in [6.07, 6.45) is 0. The molecule has 1 N–H and O–H groups in total. The van der Waals surface area contributed by atoms with Crippen LogP contribution in [0.15, 0.2) is 12.1 Å². The minimum atomic E-state index is -0.417. The molecule has 0 saturated carbocycles. The van der Waals surface area contributed by atoms with Crippen LogP contribution in [-0.2, 0) is 0 Å². The fourth-order valence-corrected chi connectivity index (χ4v) is 1.09. The van der Waals surface area contributed by atoms with E-state index in [1.807, 2.05) is 6.92 Å². The van der Waals surface area contributed by atoms with Crippen LogP contribution >= 0.6 is 0 Å². The van der Waals surface area contributed by atoms with Crippen LogP contribution in [0.1, 0.15) is 11.1 Å². The minimum absolute atomic E-state index is 0.0677. The molecule has 13 heavy (non-hydrogen) atoms. The number of rotatable bonds is 2. The van der Waals surface area contributed by atoms with Gasteiger partial charge in [-0.1, -0.05) is 0 Å². The number of aryl methyl sites for hydroxylation is 1. The summed E-state index contributed by atoms with van der Waals surface area (Å²) >= 11 is 0. The molecular weight excluding hydrogens is 168 g/mol. The van der Waals surface area contributed by atoms with Crippen molar-refractivity contribution in [2.75, 3.05) is 12.4 Å². The van der Waals surface area contributed by atoms with E-state index in [1.165, 1.54) is 6.07 Å². The Hall–Kier alpha value is -1.58. The first-order valence-electron chi connectivity index (χ1n) is 3.85. The van der Waals surface area contributed by atoms with Gasteiger partial charge in [-0.05, 0) is 31.0 Å². The van der Waals surface area contributed by atoms with Gasteiger partial charge >= 0.3 is 0 Å². The molecule has 1 radical (unpaired) electrons. The molecule has 0 aliphatic heterocycles. The van der Waals surface area contributed by atoms with E-state index in [0.717, 1.165) is 5.56 Å². The molecular formula is C9H11N2O2. The van der Waals surface area contributed by atoms with Crippen LogP contribution in [-0.4, -0.2) is 12.0 Å². The second-order valence-electron chi connectivity index (χ2n) is 2.80. The highest BCUT2D eigenvalue weighted by Gasteiger charge is 2.13. The largest absolute Gasteiger partial charge is 0.383 e. The molecule has 1 aromatic carbocycles. The van der Waals surface area contributed by atoms with E-state index in [9.17, 15) is 10.1 Å². The zero-order valence-corrected chi connectivity index (χ0v) is 7.63. The average molecular weight is 179 g/mol. The van der Waals surface area contributed by atoms with E-state index in [1.54, 1.807) is 13.1 Å². The van der Waals surface area contributed by atoms with Gasteiger partial charge in [0.1, 0.15) is 5.69 Å². The van der Waals surface area contributed by atoms with Crippen LogP contribution in [0.5, 0.6) is 0 Å². The number of nitrogens with zero attached hydrogens (tertiary/aromatic N) is 1. The van der Waals surface area contributed by atoms with Gasteiger partial charge in [0.05, 0.1) is 4.92 Å². The van der Waals surface area contributed by atoms with Gasteiger partial charge in [-0.15, -0.1) is 0 Å². The number of nitrogens with one attached hydrogen (secondary N) is 1. The Balaban J connectivity index is 3.33. The average Bonchev–Trinajstić information content (AvgIpc) is 2.08. The van der Waals surface area contributed by atoms with Gasteiger partial charge < -0.3 is 5.32 Å². The van der Waals surface area contributed by atoms with Gasteiger partial charge in [0.2, 0.25) is 0 Å². The Bertz CT molecular complexity index is 348. The van der Waals surface area contributed by atoms with Gasteiger partial charge in [0, 0.05) is 13.1 Å². The molecule has 0 spiro atoms. The van der Waals surface area contributed by atoms with Crippen molar-refractivity contribution in [3.63, 3.8) is 0 Å². The number of nitro groups is 1. The maximum absolute atomic E-state index is 10.6. The monoisotopic (exact) mass is 179 g/mol. The first-order chi connectivity index (χ1) is 6.06. The molecule has 0 heterocycles. The Morgan fingerprint density at radius 1 is 1.54 bits per heavy atom. The highest BCUT2D eigenvalue weighted by molar-refractivity contribution is 5.64. The lowest BCUT2D eigenvalue weighted by molar-refractivity contribution is -0.384. The van der Waals surface area contributed by atoms with E-state index in [0.29, 0.717) is 11.3 Å². The van der Waals surface area contributed by atoms with Gasteiger partial charge in [0.25, 0.3) is 5.69 Å². The topological polar surface area (TPSA) is 55.2 Å². The molecule has 4 heteroatoms. The number of benzene rings is 1. The molecule has 1 rings (SSSR count). The molecule has 69 valence electrons. The summed E-state index contributed by atoms with van der Waals surface area (Å²) < 4.78 is 0. The maximum Gasteiger partial charge on any atom is 0.292 e. The smallest absolute Gasteiger partial charge is 0.292 e. The third kappa shape index (κ3) is 1.77. The summed E-state index contributed by atoms with van der Waals surface area (Å²) in [6.45, 7) is 5.57. The molecule has 0 aromatic heterocycles. The van der Waals surface area contributed by atoms with Crippen molar-refractivity contribution in [3.8, 4) is 0 Å². The minimum Gasteiger partial charge on any atom is -0.383 e. The molecule has 0 fully saturated rings. The normalized spacial score (nSPS) is 9.77. The third-order valence-corrected chi connectivity index (χ3v) is 1.92. The number of hydrogen-bond acceptors (Lipinski definition) is 3. The Morgan fingerprint density at radius 2 is 2.15 bits per heavy atom. The van der Waals surface area contributed by atoms with Crippen LogP contribution in [0.2, 0.25) is 0 Å². The van der Waals surface area contributed by atoms with Gasteiger partial charge in [-0.2, -0.15) is 0 Å². The maximum atomic E-state index is 10.6. The second kappa shape index (κ2) is 3.43. The molecule has 1 aromatic rings. The third-order valence-electron chi connectivity index (χ3n) is 1.92. The lowest BCUT2D eigenvalue weighted by Gasteiger charge is -2.05. The molecule has 4 nitrogen and oxygen atoms in total. The lowest BCUT2D eigenvalue weighted by atomic mass is 10.1. The van der Waals surface area contributed by atoms with Crippen molar-refractivity contribution < 1.29 is 4.92 Å². The summed E-state index contributed by atoms with van der Waals surface area (Å²) in [6, 6.07) is 3.20. The van der Waals surface area contributed by atoms with E-state index in [4.69, 9.17) is 0 Å². The van der Waals surface area contributed by atoms with Gasteiger partial charge in [-0.3, -0.25) is 10.1 Å². The fourth-order valence-electron chi connectivity index (χ4n) is 1.09. The first-order valence-corrected chi connectivity index (χ1v) is 3.85. The number of anilines is 1. The van der Waals surface area contributed by atoms with Crippen molar-refractivity contribution in [2.24, 2.45) is 0 Å². The number of nitro benzene ring substituents is 1. The van der Waals surface area contributed by atoms with E-state index in [2.05, 4.69) is 12.2 Å². The summed E-state index contributed by atoms with van der Waals surface area (Å²) in [5, 5.41) is 13.4. The van der Waals surface area contributed by atoms with Crippen molar-refractivity contribution in [1.82, 2.24) is 0 Å². The van der Waals surface area contributed by atoms with Crippen molar-refractivity contribution in [3.05, 3.63) is 40.3 Å². The zero-order valence-electron chi connectivity index (χ0n) is 7.63. The molecule has 0 amide bonds. The highest BCUT2D eigenvalue weighted by Crippen LogP contribution is 2.27. The summed E-state index contributed by atoms with van der Waals surface area (Å²) in [5.74, 6) is 0. The Labute approximate surface area is 76.7 Å². The Kier molecular flexibility index (Phi) is 2.51. The summed E-state index contributed by atoms with van der Waals surface area (Å²) in [5.41, 5.74) is 2.22. The quantitative estimate of drug-likeness (QED) is 0.559. The molecule has 0 aliphatic carbocycles. The molecule has 0 unspecified atom stereocenters. The SMILES string of the molecule is [CH2]c1cc([N+](=O)[O-])c(NC)cc1C. The van der Waals surface area contributed by atoms with Gasteiger partial charge in [-0.25, -0.2) is 0 Å². The highest BCUT2D eigenvalue weighted by atomic mass is 16.6.